The summed E-state index contributed by atoms with van der Waals surface area (Å²) >= 11 is 8.75. The van der Waals surface area contributed by atoms with E-state index in [4.69, 9.17) is 11.6 Å². The first-order valence-electron chi connectivity index (χ1n) is 5.77. The van der Waals surface area contributed by atoms with E-state index in [1.807, 2.05) is 13.8 Å². The summed E-state index contributed by atoms with van der Waals surface area (Å²) in [6, 6.07) is 4.33. The zero-order valence-electron chi connectivity index (χ0n) is 10.3. The van der Waals surface area contributed by atoms with E-state index in [0.29, 0.717) is 22.3 Å². The van der Waals surface area contributed by atoms with Crippen molar-refractivity contribution in [3.05, 3.63) is 34.1 Å². The molecule has 18 heavy (non-hydrogen) atoms. The second-order valence-corrected chi connectivity index (χ2v) is 5.66. The minimum Gasteiger partial charge on any atom is -0.349 e. The fourth-order valence-corrected chi connectivity index (χ4v) is 2.06. The van der Waals surface area contributed by atoms with Gasteiger partial charge in [0.15, 0.2) is 0 Å². The van der Waals surface area contributed by atoms with Gasteiger partial charge in [0.2, 0.25) is 0 Å². The topological polar surface area (TPSA) is 29.1 Å². The van der Waals surface area contributed by atoms with Gasteiger partial charge in [-0.25, -0.2) is 4.39 Å². The Morgan fingerprint density at radius 1 is 1.50 bits per heavy atom. The molecule has 1 unspecified atom stereocenters. The first kappa shape index (κ1) is 15.4. The Bertz CT molecular complexity index is 425. The lowest BCUT2D eigenvalue weighted by Crippen LogP contribution is -2.38. The molecule has 1 aromatic carbocycles. The summed E-state index contributed by atoms with van der Waals surface area (Å²) in [5.41, 5.74) is 0.316. The molecular formula is C13H16BrClFNO. The highest BCUT2D eigenvalue weighted by Crippen LogP contribution is 2.17. The number of carbonyl (C=O) groups is 1. The Balaban J connectivity index is 2.77. The normalized spacial score (nSPS) is 12.6. The molecule has 0 heterocycles. The maximum absolute atomic E-state index is 13.3. The van der Waals surface area contributed by atoms with Gasteiger partial charge in [-0.05, 0) is 46.5 Å². The molecule has 5 heteroatoms. The molecule has 0 spiro atoms. The van der Waals surface area contributed by atoms with Gasteiger partial charge in [0.05, 0.1) is 4.47 Å². The van der Waals surface area contributed by atoms with Gasteiger partial charge in [0, 0.05) is 17.5 Å². The smallest absolute Gasteiger partial charge is 0.251 e. The monoisotopic (exact) mass is 335 g/mol. The Morgan fingerprint density at radius 3 is 2.67 bits per heavy atom. The lowest BCUT2D eigenvalue weighted by Gasteiger charge is -2.21. The fourth-order valence-electron chi connectivity index (χ4n) is 1.58. The van der Waals surface area contributed by atoms with E-state index in [1.165, 1.54) is 12.1 Å². The molecule has 0 aliphatic rings. The fraction of sp³-hybridized carbons (Fsp3) is 0.462. The van der Waals surface area contributed by atoms with Crippen LogP contribution in [-0.4, -0.2) is 17.8 Å². The van der Waals surface area contributed by atoms with E-state index in [9.17, 15) is 9.18 Å². The lowest BCUT2D eigenvalue weighted by atomic mass is 10.0. The number of halogens is 3. The highest BCUT2D eigenvalue weighted by Gasteiger charge is 2.17. The van der Waals surface area contributed by atoms with Crippen molar-refractivity contribution in [2.75, 3.05) is 5.88 Å². The van der Waals surface area contributed by atoms with E-state index in [1.54, 1.807) is 6.07 Å². The number of hydrogen-bond acceptors (Lipinski definition) is 1. The second-order valence-electron chi connectivity index (χ2n) is 4.43. The van der Waals surface area contributed by atoms with Crippen LogP contribution in [0.2, 0.25) is 0 Å². The van der Waals surface area contributed by atoms with Gasteiger partial charge < -0.3 is 5.32 Å². The van der Waals surface area contributed by atoms with Crippen molar-refractivity contribution in [3.63, 3.8) is 0 Å². The van der Waals surface area contributed by atoms with E-state index < -0.39 is 5.82 Å². The third kappa shape index (κ3) is 4.25. The highest BCUT2D eigenvalue weighted by molar-refractivity contribution is 9.10. The van der Waals surface area contributed by atoms with Crippen LogP contribution in [0.3, 0.4) is 0 Å². The van der Waals surface area contributed by atoms with Crippen LogP contribution >= 0.6 is 27.5 Å². The molecule has 0 aliphatic heterocycles. The molecule has 0 bridgehead atoms. The van der Waals surface area contributed by atoms with Crippen LogP contribution in [0.5, 0.6) is 0 Å². The van der Waals surface area contributed by atoms with Crippen LogP contribution in [-0.2, 0) is 0 Å². The Labute approximate surface area is 120 Å². The summed E-state index contributed by atoms with van der Waals surface area (Å²) in [5.74, 6) is 0.0528. The van der Waals surface area contributed by atoms with Crippen molar-refractivity contribution in [1.29, 1.82) is 0 Å². The molecular weight excluding hydrogens is 321 g/mol. The second kappa shape index (κ2) is 7.10. The molecule has 0 aliphatic carbocycles. The predicted molar refractivity (Wildman–Crippen MR) is 75.5 cm³/mol. The first-order valence-corrected chi connectivity index (χ1v) is 7.10. The number of amides is 1. The summed E-state index contributed by atoms with van der Waals surface area (Å²) < 4.78 is 13.7. The maximum Gasteiger partial charge on any atom is 0.251 e. The zero-order chi connectivity index (χ0) is 13.7. The van der Waals surface area contributed by atoms with Crippen molar-refractivity contribution < 1.29 is 9.18 Å². The molecule has 1 N–H and O–H groups in total. The highest BCUT2D eigenvalue weighted by atomic mass is 79.9. The van der Waals surface area contributed by atoms with Crippen LogP contribution in [0.1, 0.15) is 30.6 Å². The van der Waals surface area contributed by atoms with Gasteiger partial charge in [0.25, 0.3) is 5.91 Å². The molecule has 1 rings (SSSR count). The van der Waals surface area contributed by atoms with Gasteiger partial charge in [0.1, 0.15) is 5.82 Å². The SMILES string of the molecule is CC(C)C(CCCl)NC(=O)c1ccc(Br)c(F)c1. The number of nitrogens with one attached hydrogen (secondary N) is 1. The minimum atomic E-state index is -0.443. The van der Waals surface area contributed by atoms with Crippen molar-refractivity contribution in [3.8, 4) is 0 Å². The molecule has 0 saturated heterocycles. The summed E-state index contributed by atoms with van der Waals surface area (Å²) in [7, 11) is 0. The van der Waals surface area contributed by atoms with Gasteiger partial charge >= 0.3 is 0 Å². The van der Waals surface area contributed by atoms with Crippen LogP contribution < -0.4 is 5.32 Å². The number of alkyl halides is 1. The summed E-state index contributed by atoms with van der Waals surface area (Å²) in [6.07, 6.45) is 0.698. The van der Waals surface area contributed by atoms with Crippen molar-refractivity contribution >= 4 is 33.4 Å². The van der Waals surface area contributed by atoms with E-state index in [0.717, 1.165) is 0 Å². The van der Waals surface area contributed by atoms with E-state index in [-0.39, 0.29) is 17.9 Å². The average molecular weight is 337 g/mol. The van der Waals surface area contributed by atoms with E-state index >= 15 is 0 Å². The van der Waals surface area contributed by atoms with Crippen LogP contribution in [0.4, 0.5) is 4.39 Å². The number of carbonyl (C=O) groups excluding carboxylic acids is 1. The number of benzene rings is 1. The third-order valence-corrected chi connectivity index (χ3v) is 3.58. The summed E-state index contributed by atoms with van der Waals surface area (Å²) in [6.45, 7) is 4.03. The Hall–Kier alpha value is -0.610. The van der Waals surface area contributed by atoms with Gasteiger partial charge in [-0.2, -0.15) is 0 Å². The lowest BCUT2D eigenvalue weighted by molar-refractivity contribution is 0.0924. The maximum atomic E-state index is 13.3. The molecule has 1 atom stereocenters. The largest absolute Gasteiger partial charge is 0.349 e. The zero-order valence-corrected chi connectivity index (χ0v) is 12.7. The third-order valence-electron chi connectivity index (χ3n) is 2.72. The number of hydrogen-bond donors (Lipinski definition) is 1. The molecule has 2 nitrogen and oxygen atoms in total. The van der Waals surface area contributed by atoms with Gasteiger partial charge in [-0.15, -0.1) is 11.6 Å². The Morgan fingerprint density at radius 2 is 2.17 bits per heavy atom. The van der Waals surface area contributed by atoms with Gasteiger partial charge in [-0.1, -0.05) is 13.8 Å². The molecule has 0 aromatic heterocycles. The molecule has 0 saturated carbocycles. The predicted octanol–water partition coefficient (Wildman–Crippen LogP) is 3.97. The average Bonchev–Trinajstić information content (AvgIpc) is 2.31. The molecule has 0 radical (unpaired) electrons. The van der Waals surface area contributed by atoms with Crippen molar-refractivity contribution in [2.24, 2.45) is 5.92 Å². The van der Waals surface area contributed by atoms with E-state index in [2.05, 4.69) is 21.2 Å². The number of rotatable bonds is 5. The quantitative estimate of drug-likeness (QED) is 0.810. The standard InChI is InChI=1S/C13H16BrClFNO/c1-8(2)12(5-6-15)17-13(18)9-3-4-10(14)11(16)7-9/h3-4,7-8,12H,5-6H2,1-2H3,(H,17,18). The summed E-state index contributed by atoms with van der Waals surface area (Å²) in [5, 5.41) is 2.87. The van der Waals surface area contributed by atoms with Crippen molar-refractivity contribution in [1.82, 2.24) is 5.32 Å². The van der Waals surface area contributed by atoms with Crippen LogP contribution in [0.25, 0.3) is 0 Å². The van der Waals surface area contributed by atoms with Crippen LogP contribution in [0, 0.1) is 11.7 Å². The van der Waals surface area contributed by atoms with Crippen LogP contribution in [0.15, 0.2) is 22.7 Å². The van der Waals surface area contributed by atoms with Crippen molar-refractivity contribution in [2.45, 2.75) is 26.3 Å². The minimum absolute atomic E-state index is 0.00158. The first-order chi connectivity index (χ1) is 8.45. The molecule has 1 aromatic rings. The Kier molecular flexibility index (Phi) is 6.09. The molecule has 100 valence electrons. The molecule has 1 amide bonds. The molecule has 0 fully saturated rings. The summed E-state index contributed by atoms with van der Waals surface area (Å²) in [4.78, 5) is 12.0. The van der Waals surface area contributed by atoms with Gasteiger partial charge in [-0.3, -0.25) is 4.79 Å².